The summed E-state index contributed by atoms with van der Waals surface area (Å²) >= 11 is 0. The van der Waals surface area contributed by atoms with Crippen molar-refractivity contribution in [2.75, 3.05) is 0 Å². The summed E-state index contributed by atoms with van der Waals surface area (Å²) < 4.78 is 5.92. The molecule has 3 aromatic carbocycles. The molecule has 3 aromatic rings. The Morgan fingerprint density at radius 1 is 0.800 bits per heavy atom. The largest absolute Gasteiger partial charge is 0.488 e. The maximum atomic E-state index is 9.33. The van der Waals surface area contributed by atoms with Crippen molar-refractivity contribution in [1.82, 2.24) is 0 Å². The third kappa shape index (κ3) is 1.56. The molecule has 0 atom stereocenters. The number of rotatable bonds is 1. The first-order valence-corrected chi connectivity index (χ1v) is 6.44. The van der Waals surface area contributed by atoms with Crippen molar-refractivity contribution in [1.29, 1.82) is 0 Å². The summed E-state index contributed by atoms with van der Waals surface area (Å²) in [6.07, 6.45) is 0. The van der Waals surface area contributed by atoms with Crippen molar-refractivity contribution >= 4 is 23.4 Å². The van der Waals surface area contributed by atoms with Crippen LogP contribution in [0.2, 0.25) is 0 Å². The van der Waals surface area contributed by atoms with Crippen LogP contribution >= 0.6 is 0 Å². The van der Waals surface area contributed by atoms with Gasteiger partial charge in [0.2, 0.25) is 0 Å². The Morgan fingerprint density at radius 3 is 2.40 bits per heavy atom. The number of ether oxygens (including phenoxy) is 1. The predicted octanol–water partition coefficient (Wildman–Crippen LogP) is 2.29. The fraction of sp³-hybridized carbons (Fsp3) is 0. The van der Waals surface area contributed by atoms with E-state index in [0.717, 1.165) is 33.4 Å². The molecule has 3 nitrogen and oxygen atoms in total. The molecule has 4 heteroatoms. The highest BCUT2D eigenvalue weighted by molar-refractivity contribution is 6.58. The van der Waals surface area contributed by atoms with Crippen LogP contribution in [-0.4, -0.2) is 17.2 Å². The minimum absolute atomic E-state index is 0.462. The maximum Gasteiger partial charge on any atom is 0.488 e. The van der Waals surface area contributed by atoms with Crippen LogP contribution in [0.15, 0.2) is 54.6 Å². The van der Waals surface area contributed by atoms with Gasteiger partial charge in [0.05, 0.1) is 0 Å². The van der Waals surface area contributed by atoms with Gasteiger partial charge in [0.25, 0.3) is 0 Å². The van der Waals surface area contributed by atoms with E-state index in [1.807, 2.05) is 36.4 Å². The molecule has 0 aliphatic carbocycles. The van der Waals surface area contributed by atoms with Crippen LogP contribution in [0.25, 0.3) is 21.9 Å². The Hall–Kier alpha value is -2.30. The van der Waals surface area contributed by atoms with Gasteiger partial charge in [-0.05, 0) is 28.5 Å². The van der Waals surface area contributed by atoms with Crippen LogP contribution in [-0.2, 0) is 0 Å². The predicted molar refractivity (Wildman–Crippen MR) is 79.3 cm³/mol. The highest BCUT2D eigenvalue weighted by Crippen LogP contribution is 2.45. The summed E-state index contributed by atoms with van der Waals surface area (Å²) in [6, 6.07) is 17.2. The molecule has 0 saturated carbocycles. The smallest absolute Gasteiger partial charge is 0.456 e. The lowest BCUT2D eigenvalue weighted by atomic mass is 9.78. The highest BCUT2D eigenvalue weighted by atomic mass is 16.5. The van der Waals surface area contributed by atoms with Crippen LogP contribution in [0.1, 0.15) is 0 Å². The molecule has 96 valence electrons. The second kappa shape index (κ2) is 4.10. The Balaban J connectivity index is 2.07. The highest BCUT2D eigenvalue weighted by Gasteiger charge is 2.21. The molecule has 20 heavy (non-hydrogen) atoms. The molecule has 2 N–H and O–H groups in total. The van der Waals surface area contributed by atoms with Crippen molar-refractivity contribution in [2.24, 2.45) is 0 Å². The zero-order valence-corrected chi connectivity index (χ0v) is 10.6. The van der Waals surface area contributed by atoms with Gasteiger partial charge in [0.1, 0.15) is 11.5 Å². The molecule has 1 heterocycles. The number of fused-ring (bicyclic) bond motifs is 2. The van der Waals surface area contributed by atoms with Gasteiger partial charge in [0, 0.05) is 10.9 Å². The molecule has 0 amide bonds. The third-order valence-corrected chi connectivity index (χ3v) is 3.68. The average molecular weight is 262 g/mol. The van der Waals surface area contributed by atoms with E-state index in [2.05, 4.69) is 0 Å². The normalized spacial score (nSPS) is 11.9. The van der Waals surface area contributed by atoms with E-state index >= 15 is 0 Å². The molecule has 0 aromatic heterocycles. The van der Waals surface area contributed by atoms with E-state index in [-0.39, 0.29) is 0 Å². The lowest BCUT2D eigenvalue weighted by molar-refractivity contribution is 0.425. The molecular weight excluding hydrogens is 251 g/mol. The molecule has 0 spiro atoms. The zero-order valence-electron chi connectivity index (χ0n) is 10.6. The second-order valence-electron chi connectivity index (χ2n) is 4.89. The summed E-state index contributed by atoms with van der Waals surface area (Å²) in [7, 11) is -1.48. The minimum atomic E-state index is -1.48. The molecule has 0 unspecified atom stereocenters. The Morgan fingerprint density at radius 2 is 1.60 bits per heavy atom. The first-order chi connectivity index (χ1) is 9.74. The minimum Gasteiger partial charge on any atom is -0.456 e. The number of hydrogen-bond acceptors (Lipinski definition) is 3. The standard InChI is InChI=1S/C16H11BO3/c18-17(19)11-7-8-14-13(9-11)12-5-1-3-10-4-2-6-15(20-14)16(10)12/h1-9,18-19H. The van der Waals surface area contributed by atoms with Crippen molar-refractivity contribution in [2.45, 2.75) is 0 Å². The van der Waals surface area contributed by atoms with Gasteiger partial charge in [-0.3, -0.25) is 0 Å². The molecule has 0 radical (unpaired) electrons. The topological polar surface area (TPSA) is 49.7 Å². The van der Waals surface area contributed by atoms with Gasteiger partial charge in [0.15, 0.2) is 0 Å². The lowest BCUT2D eigenvalue weighted by Gasteiger charge is -2.21. The van der Waals surface area contributed by atoms with Gasteiger partial charge in [-0.1, -0.05) is 42.5 Å². The maximum absolute atomic E-state index is 9.33. The van der Waals surface area contributed by atoms with Crippen molar-refractivity contribution in [3.05, 3.63) is 54.6 Å². The van der Waals surface area contributed by atoms with Crippen LogP contribution in [0.4, 0.5) is 0 Å². The van der Waals surface area contributed by atoms with E-state index in [4.69, 9.17) is 4.74 Å². The molecule has 4 rings (SSSR count). The van der Waals surface area contributed by atoms with Crippen LogP contribution in [0.5, 0.6) is 11.5 Å². The van der Waals surface area contributed by atoms with E-state index < -0.39 is 7.12 Å². The third-order valence-electron chi connectivity index (χ3n) is 3.68. The first kappa shape index (κ1) is 11.5. The zero-order chi connectivity index (χ0) is 13.7. The quantitative estimate of drug-likeness (QED) is 0.517. The first-order valence-electron chi connectivity index (χ1n) is 6.44. The molecule has 1 aliphatic rings. The van der Waals surface area contributed by atoms with E-state index in [9.17, 15) is 10.0 Å². The lowest BCUT2D eigenvalue weighted by Crippen LogP contribution is -2.29. The Kier molecular flexibility index (Phi) is 2.36. The fourth-order valence-electron chi connectivity index (χ4n) is 2.74. The van der Waals surface area contributed by atoms with Crippen molar-refractivity contribution < 1.29 is 14.8 Å². The average Bonchev–Trinajstić information content (AvgIpc) is 2.47. The number of benzene rings is 3. The van der Waals surface area contributed by atoms with E-state index in [1.165, 1.54) is 0 Å². The molecule has 0 saturated heterocycles. The number of hydrogen-bond donors (Lipinski definition) is 2. The van der Waals surface area contributed by atoms with Crippen molar-refractivity contribution in [3.63, 3.8) is 0 Å². The van der Waals surface area contributed by atoms with Gasteiger partial charge < -0.3 is 14.8 Å². The van der Waals surface area contributed by atoms with Gasteiger partial charge in [-0.2, -0.15) is 0 Å². The fourth-order valence-corrected chi connectivity index (χ4v) is 2.74. The Labute approximate surface area is 116 Å². The van der Waals surface area contributed by atoms with Crippen LogP contribution in [0.3, 0.4) is 0 Å². The monoisotopic (exact) mass is 262 g/mol. The summed E-state index contributed by atoms with van der Waals surface area (Å²) in [5, 5.41) is 20.8. The summed E-state index contributed by atoms with van der Waals surface area (Å²) in [5.74, 6) is 1.57. The van der Waals surface area contributed by atoms with E-state index in [0.29, 0.717) is 5.46 Å². The summed E-state index contributed by atoms with van der Waals surface area (Å²) in [4.78, 5) is 0. The molecule has 0 fully saturated rings. The molecular formula is C16H11BO3. The summed E-state index contributed by atoms with van der Waals surface area (Å²) in [6.45, 7) is 0. The SMILES string of the molecule is OB(O)c1ccc2c(c1)-c1cccc3cccc(c13)O2. The van der Waals surface area contributed by atoms with E-state index in [1.54, 1.807) is 18.2 Å². The molecule has 1 aliphatic heterocycles. The molecule has 0 bridgehead atoms. The Bertz CT molecular complexity index is 822. The summed E-state index contributed by atoms with van der Waals surface area (Å²) in [5.41, 5.74) is 2.41. The van der Waals surface area contributed by atoms with Crippen molar-refractivity contribution in [3.8, 4) is 22.6 Å². The van der Waals surface area contributed by atoms with Gasteiger partial charge in [-0.25, -0.2) is 0 Å². The second-order valence-corrected chi connectivity index (χ2v) is 4.89. The van der Waals surface area contributed by atoms with Gasteiger partial charge in [-0.15, -0.1) is 0 Å². The van der Waals surface area contributed by atoms with Crippen LogP contribution < -0.4 is 10.2 Å². The van der Waals surface area contributed by atoms with Gasteiger partial charge >= 0.3 is 7.12 Å². The van der Waals surface area contributed by atoms with Crippen LogP contribution in [0, 0.1) is 0 Å².